The first-order valence-electron chi connectivity index (χ1n) is 7.61. The maximum atomic E-state index is 12.7. The minimum atomic E-state index is -0.557. The summed E-state index contributed by atoms with van der Waals surface area (Å²) in [5.74, 6) is -0.317. The van der Waals surface area contributed by atoms with E-state index in [1.165, 1.54) is 0 Å². The number of hydrogen-bond donors (Lipinski definition) is 0. The standard InChI is InChI=1S/C18H16Cl2N2O2/c1-12-17(23)22(16-5-3-2-4-15(16)20)11-10-21(12)18(24)13-6-8-14(19)9-7-13/h2-9,12H,10-11H2,1H3. The van der Waals surface area contributed by atoms with Crippen molar-refractivity contribution in [1.82, 2.24) is 4.90 Å². The molecule has 0 aliphatic carbocycles. The number of hydrogen-bond acceptors (Lipinski definition) is 2. The number of nitrogens with zero attached hydrogens (tertiary/aromatic N) is 2. The number of amides is 2. The van der Waals surface area contributed by atoms with Crippen LogP contribution in [0.5, 0.6) is 0 Å². The molecule has 1 saturated heterocycles. The Kier molecular flexibility index (Phi) is 4.78. The summed E-state index contributed by atoms with van der Waals surface area (Å²) in [5.41, 5.74) is 1.19. The largest absolute Gasteiger partial charge is 0.325 e. The molecule has 1 aliphatic rings. The van der Waals surface area contributed by atoms with E-state index in [1.807, 2.05) is 18.2 Å². The van der Waals surface area contributed by atoms with Gasteiger partial charge in [-0.15, -0.1) is 0 Å². The van der Waals surface area contributed by atoms with Gasteiger partial charge >= 0.3 is 0 Å². The van der Waals surface area contributed by atoms with Gasteiger partial charge in [-0.25, -0.2) is 0 Å². The molecule has 24 heavy (non-hydrogen) atoms. The van der Waals surface area contributed by atoms with Crippen molar-refractivity contribution >= 4 is 40.7 Å². The van der Waals surface area contributed by atoms with Crippen molar-refractivity contribution < 1.29 is 9.59 Å². The van der Waals surface area contributed by atoms with E-state index >= 15 is 0 Å². The highest BCUT2D eigenvalue weighted by molar-refractivity contribution is 6.34. The molecule has 4 nitrogen and oxygen atoms in total. The van der Waals surface area contributed by atoms with Gasteiger partial charge in [0.05, 0.1) is 10.7 Å². The quantitative estimate of drug-likeness (QED) is 0.813. The molecule has 0 saturated carbocycles. The second kappa shape index (κ2) is 6.83. The molecule has 0 radical (unpaired) electrons. The molecular formula is C18H16Cl2N2O2. The molecule has 0 aromatic heterocycles. The van der Waals surface area contributed by atoms with E-state index in [1.54, 1.807) is 47.1 Å². The lowest BCUT2D eigenvalue weighted by Crippen LogP contribution is -2.57. The second-order valence-electron chi connectivity index (χ2n) is 5.62. The Balaban J connectivity index is 1.81. The SMILES string of the molecule is CC1C(=O)N(c2ccccc2Cl)CCN1C(=O)c1ccc(Cl)cc1. The molecule has 1 aliphatic heterocycles. The van der Waals surface area contributed by atoms with Gasteiger partial charge in [0.25, 0.3) is 5.91 Å². The van der Waals surface area contributed by atoms with Gasteiger partial charge in [0.15, 0.2) is 0 Å². The lowest BCUT2D eigenvalue weighted by Gasteiger charge is -2.39. The van der Waals surface area contributed by atoms with Gasteiger partial charge < -0.3 is 9.80 Å². The molecule has 1 fully saturated rings. The van der Waals surface area contributed by atoms with Crippen LogP contribution >= 0.6 is 23.2 Å². The fraction of sp³-hybridized carbons (Fsp3) is 0.222. The van der Waals surface area contributed by atoms with Crippen LogP contribution in [0.2, 0.25) is 10.0 Å². The monoisotopic (exact) mass is 362 g/mol. The maximum Gasteiger partial charge on any atom is 0.254 e. The number of anilines is 1. The average molecular weight is 363 g/mol. The summed E-state index contributed by atoms with van der Waals surface area (Å²) in [6, 6.07) is 13.3. The van der Waals surface area contributed by atoms with Crippen molar-refractivity contribution in [1.29, 1.82) is 0 Å². The Hall–Kier alpha value is -2.04. The summed E-state index contributed by atoms with van der Waals surface area (Å²) in [5, 5.41) is 1.09. The van der Waals surface area contributed by atoms with Crippen molar-refractivity contribution in [2.24, 2.45) is 0 Å². The second-order valence-corrected chi connectivity index (χ2v) is 6.47. The van der Waals surface area contributed by atoms with Crippen LogP contribution in [0.25, 0.3) is 0 Å². The van der Waals surface area contributed by atoms with Crippen molar-refractivity contribution in [3.05, 3.63) is 64.1 Å². The predicted molar refractivity (Wildman–Crippen MR) is 95.8 cm³/mol. The van der Waals surface area contributed by atoms with Gasteiger partial charge in [-0.2, -0.15) is 0 Å². The first-order chi connectivity index (χ1) is 11.5. The van der Waals surface area contributed by atoms with E-state index in [2.05, 4.69) is 0 Å². The van der Waals surface area contributed by atoms with Crippen LogP contribution in [-0.2, 0) is 4.79 Å². The van der Waals surface area contributed by atoms with Crippen LogP contribution in [0.3, 0.4) is 0 Å². The third kappa shape index (κ3) is 3.12. The minimum Gasteiger partial charge on any atom is -0.325 e. The number of benzene rings is 2. The highest BCUT2D eigenvalue weighted by Gasteiger charge is 2.35. The lowest BCUT2D eigenvalue weighted by molar-refractivity contribution is -0.124. The smallest absolute Gasteiger partial charge is 0.254 e. The Morgan fingerprint density at radius 3 is 2.38 bits per heavy atom. The zero-order chi connectivity index (χ0) is 17.3. The van der Waals surface area contributed by atoms with Crippen LogP contribution in [0.4, 0.5) is 5.69 Å². The van der Waals surface area contributed by atoms with Crippen LogP contribution in [0.15, 0.2) is 48.5 Å². The van der Waals surface area contributed by atoms with Crippen molar-refractivity contribution in [3.63, 3.8) is 0 Å². The van der Waals surface area contributed by atoms with E-state index in [4.69, 9.17) is 23.2 Å². The van der Waals surface area contributed by atoms with Gasteiger partial charge in [-0.3, -0.25) is 9.59 Å². The number of carbonyl (C=O) groups excluding carboxylic acids is 2. The summed E-state index contributed by atoms with van der Waals surface area (Å²) in [6.07, 6.45) is 0. The summed E-state index contributed by atoms with van der Waals surface area (Å²) < 4.78 is 0. The molecule has 0 bridgehead atoms. The molecule has 124 valence electrons. The molecular weight excluding hydrogens is 347 g/mol. The molecule has 6 heteroatoms. The molecule has 0 spiro atoms. The summed E-state index contributed by atoms with van der Waals surface area (Å²) in [6.45, 7) is 2.59. The number of rotatable bonds is 2. The van der Waals surface area contributed by atoms with E-state index < -0.39 is 6.04 Å². The number of carbonyl (C=O) groups is 2. The molecule has 2 amide bonds. The van der Waals surface area contributed by atoms with Crippen molar-refractivity contribution in [2.75, 3.05) is 18.0 Å². The zero-order valence-electron chi connectivity index (χ0n) is 13.1. The minimum absolute atomic E-state index is 0.142. The van der Waals surface area contributed by atoms with E-state index in [9.17, 15) is 9.59 Å². The summed E-state index contributed by atoms with van der Waals surface area (Å²) in [7, 11) is 0. The highest BCUT2D eigenvalue weighted by Crippen LogP contribution is 2.28. The Morgan fingerprint density at radius 1 is 1.04 bits per heavy atom. The fourth-order valence-electron chi connectivity index (χ4n) is 2.82. The van der Waals surface area contributed by atoms with Crippen molar-refractivity contribution in [2.45, 2.75) is 13.0 Å². The normalized spacial score (nSPS) is 18.0. The molecule has 2 aromatic carbocycles. The summed E-state index contributed by atoms with van der Waals surface area (Å²) in [4.78, 5) is 28.6. The molecule has 1 unspecified atom stereocenters. The van der Waals surface area contributed by atoms with Gasteiger partial charge in [-0.05, 0) is 43.3 Å². The van der Waals surface area contributed by atoms with E-state index in [0.717, 1.165) is 0 Å². The fourth-order valence-corrected chi connectivity index (χ4v) is 3.18. The summed E-state index contributed by atoms with van der Waals surface area (Å²) >= 11 is 12.1. The topological polar surface area (TPSA) is 40.6 Å². The van der Waals surface area contributed by atoms with Gasteiger partial charge in [-0.1, -0.05) is 35.3 Å². The first kappa shape index (κ1) is 16.8. The van der Waals surface area contributed by atoms with Gasteiger partial charge in [0, 0.05) is 23.7 Å². The number of para-hydroxylation sites is 1. The average Bonchev–Trinajstić information content (AvgIpc) is 2.58. The van der Waals surface area contributed by atoms with E-state index in [0.29, 0.717) is 34.4 Å². The van der Waals surface area contributed by atoms with Crippen molar-refractivity contribution in [3.8, 4) is 0 Å². The molecule has 2 aromatic rings. The van der Waals surface area contributed by atoms with Crippen LogP contribution < -0.4 is 4.90 Å². The van der Waals surface area contributed by atoms with Gasteiger partial charge in [0.2, 0.25) is 5.91 Å². The Morgan fingerprint density at radius 2 is 1.71 bits per heavy atom. The Labute approximate surface area is 150 Å². The molecule has 3 rings (SSSR count). The predicted octanol–water partition coefficient (Wildman–Crippen LogP) is 3.87. The third-order valence-corrected chi connectivity index (χ3v) is 4.72. The Bertz CT molecular complexity index is 777. The van der Waals surface area contributed by atoms with Crippen LogP contribution in [-0.4, -0.2) is 35.8 Å². The van der Waals surface area contributed by atoms with Gasteiger partial charge in [0.1, 0.15) is 6.04 Å². The number of piperazine rings is 1. The highest BCUT2D eigenvalue weighted by atomic mass is 35.5. The van der Waals surface area contributed by atoms with Crippen LogP contribution in [0.1, 0.15) is 17.3 Å². The number of halogens is 2. The maximum absolute atomic E-state index is 12.7. The molecule has 1 heterocycles. The molecule has 0 N–H and O–H groups in total. The first-order valence-corrected chi connectivity index (χ1v) is 8.37. The molecule has 1 atom stereocenters. The zero-order valence-corrected chi connectivity index (χ0v) is 14.6. The lowest BCUT2D eigenvalue weighted by atomic mass is 10.1. The van der Waals surface area contributed by atoms with Crippen LogP contribution in [0, 0.1) is 0 Å². The van der Waals surface area contributed by atoms with E-state index in [-0.39, 0.29) is 11.8 Å². The third-order valence-electron chi connectivity index (χ3n) is 4.15.